The summed E-state index contributed by atoms with van der Waals surface area (Å²) >= 11 is 1.23. The molecular formula is C9H14O3S. The van der Waals surface area contributed by atoms with E-state index in [0.29, 0.717) is 18.6 Å². The first-order valence-corrected chi connectivity index (χ1v) is 5.05. The highest BCUT2D eigenvalue weighted by molar-refractivity contribution is 8.13. The Kier molecular flexibility index (Phi) is 7.39. The molecule has 0 fully saturated rings. The van der Waals surface area contributed by atoms with Gasteiger partial charge in [-0.05, 0) is 6.42 Å². The maximum absolute atomic E-state index is 10.9. The van der Waals surface area contributed by atoms with Gasteiger partial charge in [-0.15, -0.1) is 0 Å². The molecule has 0 aromatic carbocycles. The lowest BCUT2D eigenvalue weighted by Crippen LogP contribution is -2.04. The smallest absolute Gasteiger partial charge is 0.306 e. The van der Waals surface area contributed by atoms with Gasteiger partial charge in [-0.2, -0.15) is 0 Å². The van der Waals surface area contributed by atoms with Crippen molar-refractivity contribution in [2.45, 2.75) is 19.8 Å². The van der Waals surface area contributed by atoms with Gasteiger partial charge >= 0.3 is 5.97 Å². The summed E-state index contributed by atoms with van der Waals surface area (Å²) < 4.78 is 4.75. The van der Waals surface area contributed by atoms with Crippen molar-refractivity contribution in [2.75, 3.05) is 12.4 Å². The van der Waals surface area contributed by atoms with Crippen LogP contribution in [0.4, 0.5) is 0 Å². The van der Waals surface area contributed by atoms with Crippen molar-refractivity contribution in [2.24, 2.45) is 0 Å². The molecule has 0 aromatic rings. The van der Waals surface area contributed by atoms with Crippen LogP contribution in [-0.4, -0.2) is 23.4 Å². The van der Waals surface area contributed by atoms with E-state index in [2.05, 4.69) is 6.58 Å². The number of carbonyl (C=O) groups is 2. The molecule has 0 radical (unpaired) electrons. The van der Waals surface area contributed by atoms with Gasteiger partial charge < -0.3 is 4.74 Å². The lowest BCUT2D eigenvalue weighted by atomic mass is 10.3. The zero-order valence-electron chi connectivity index (χ0n) is 7.75. The van der Waals surface area contributed by atoms with E-state index in [1.807, 2.05) is 0 Å². The Morgan fingerprint density at radius 1 is 1.54 bits per heavy atom. The molecule has 3 nitrogen and oxygen atoms in total. The standard InChI is InChI=1S/C9H14O3S/c1-3-6-12-9(11)5-4-7-13-8(2)10/h3H,1,4-7H2,2H3. The molecule has 74 valence electrons. The van der Waals surface area contributed by atoms with Crippen LogP contribution in [0.2, 0.25) is 0 Å². The van der Waals surface area contributed by atoms with Gasteiger partial charge in [-0.3, -0.25) is 9.59 Å². The van der Waals surface area contributed by atoms with Crippen LogP contribution < -0.4 is 0 Å². The molecule has 0 saturated carbocycles. The molecule has 0 heterocycles. The van der Waals surface area contributed by atoms with E-state index in [9.17, 15) is 9.59 Å². The lowest BCUT2D eigenvalue weighted by Gasteiger charge is -2.00. The highest BCUT2D eigenvalue weighted by atomic mass is 32.2. The van der Waals surface area contributed by atoms with Gasteiger partial charge in [-0.1, -0.05) is 24.4 Å². The normalized spacial score (nSPS) is 9.31. The average Bonchev–Trinajstić information content (AvgIpc) is 2.08. The van der Waals surface area contributed by atoms with Crippen LogP contribution in [0.25, 0.3) is 0 Å². The second-order valence-corrected chi connectivity index (χ2v) is 3.69. The molecule has 0 bridgehead atoms. The third kappa shape index (κ3) is 9.14. The van der Waals surface area contributed by atoms with E-state index in [1.54, 1.807) is 0 Å². The number of thioether (sulfide) groups is 1. The number of hydrogen-bond acceptors (Lipinski definition) is 4. The first-order valence-electron chi connectivity index (χ1n) is 4.06. The van der Waals surface area contributed by atoms with Crippen molar-refractivity contribution in [3.8, 4) is 0 Å². The minimum absolute atomic E-state index is 0.0828. The predicted molar refractivity (Wildman–Crippen MR) is 53.5 cm³/mol. The summed E-state index contributed by atoms with van der Waals surface area (Å²) in [6, 6.07) is 0. The van der Waals surface area contributed by atoms with Gasteiger partial charge in [0.25, 0.3) is 0 Å². The van der Waals surface area contributed by atoms with Crippen molar-refractivity contribution in [3.63, 3.8) is 0 Å². The summed E-state index contributed by atoms with van der Waals surface area (Å²) in [5, 5.41) is 0.0828. The third-order valence-corrected chi connectivity index (χ3v) is 2.09. The molecule has 0 atom stereocenters. The van der Waals surface area contributed by atoms with Crippen LogP contribution >= 0.6 is 11.8 Å². The van der Waals surface area contributed by atoms with Crippen LogP contribution in [0, 0.1) is 0 Å². The Morgan fingerprint density at radius 2 is 2.23 bits per heavy atom. The number of ether oxygens (including phenoxy) is 1. The Bertz CT molecular complexity index is 189. The Balaban J connectivity index is 3.26. The fraction of sp³-hybridized carbons (Fsp3) is 0.556. The van der Waals surface area contributed by atoms with Crippen LogP contribution in [0.3, 0.4) is 0 Å². The summed E-state index contributed by atoms with van der Waals surface area (Å²) in [6.07, 6.45) is 2.58. The molecule has 0 unspecified atom stereocenters. The maximum atomic E-state index is 10.9. The Hall–Kier alpha value is -0.770. The summed E-state index contributed by atoms with van der Waals surface area (Å²) in [7, 11) is 0. The SMILES string of the molecule is C=CCOC(=O)CCCSC(C)=O. The van der Waals surface area contributed by atoms with Gasteiger partial charge in [-0.25, -0.2) is 0 Å². The number of hydrogen-bond donors (Lipinski definition) is 0. The molecule has 0 aliphatic heterocycles. The third-order valence-electron chi connectivity index (χ3n) is 1.19. The zero-order chi connectivity index (χ0) is 10.1. The van der Waals surface area contributed by atoms with Gasteiger partial charge in [0.1, 0.15) is 6.61 Å². The fourth-order valence-electron chi connectivity index (χ4n) is 0.656. The Labute approximate surface area is 82.5 Å². The van der Waals surface area contributed by atoms with Crippen LogP contribution in [0.5, 0.6) is 0 Å². The molecule has 0 rings (SSSR count). The molecular weight excluding hydrogens is 188 g/mol. The largest absolute Gasteiger partial charge is 0.461 e. The first kappa shape index (κ1) is 12.2. The molecule has 0 spiro atoms. The zero-order valence-corrected chi connectivity index (χ0v) is 8.56. The molecule has 0 aliphatic carbocycles. The van der Waals surface area contributed by atoms with E-state index in [-0.39, 0.29) is 17.7 Å². The molecule has 13 heavy (non-hydrogen) atoms. The fourth-order valence-corrected chi connectivity index (χ4v) is 1.23. The van der Waals surface area contributed by atoms with Crippen molar-refractivity contribution >= 4 is 22.8 Å². The second-order valence-electron chi connectivity index (χ2n) is 2.42. The van der Waals surface area contributed by atoms with Crippen molar-refractivity contribution in [1.29, 1.82) is 0 Å². The van der Waals surface area contributed by atoms with Crippen molar-refractivity contribution in [1.82, 2.24) is 0 Å². The van der Waals surface area contributed by atoms with E-state index in [4.69, 9.17) is 4.74 Å². The first-order chi connectivity index (χ1) is 6.16. The highest BCUT2D eigenvalue weighted by Crippen LogP contribution is 2.05. The van der Waals surface area contributed by atoms with Crippen LogP contribution in [0.1, 0.15) is 19.8 Å². The number of rotatable bonds is 6. The van der Waals surface area contributed by atoms with E-state index in [0.717, 1.165) is 0 Å². The minimum atomic E-state index is -0.232. The minimum Gasteiger partial charge on any atom is -0.461 e. The van der Waals surface area contributed by atoms with Crippen LogP contribution in [0.15, 0.2) is 12.7 Å². The van der Waals surface area contributed by atoms with Gasteiger partial charge in [0, 0.05) is 19.1 Å². The monoisotopic (exact) mass is 202 g/mol. The van der Waals surface area contributed by atoms with Gasteiger partial charge in [0.2, 0.25) is 0 Å². The summed E-state index contributed by atoms with van der Waals surface area (Å²) in [5.41, 5.74) is 0. The summed E-state index contributed by atoms with van der Waals surface area (Å²) in [6.45, 7) is 5.20. The quantitative estimate of drug-likeness (QED) is 0.374. The summed E-state index contributed by atoms with van der Waals surface area (Å²) in [4.78, 5) is 21.4. The van der Waals surface area contributed by atoms with E-state index < -0.39 is 0 Å². The average molecular weight is 202 g/mol. The van der Waals surface area contributed by atoms with Crippen LogP contribution in [-0.2, 0) is 14.3 Å². The molecule has 0 N–H and O–H groups in total. The van der Waals surface area contributed by atoms with Gasteiger partial charge in [0.15, 0.2) is 5.12 Å². The lowest BCUT2D eigenvalue weighted by molar-refractivity contribution is -0.142. The second kappa shape index (κ2) is 7.86. The molecule has 4 heteroatoms. The molecule has 0 aliphatic rings. The molecule has 0 saturated heterocycles. The van der Waals surface area contributed by atoms with Gasteiger partial charge in [0.05, 0.1) is 0 Å². The van der Waals surface area contributed by atoms with E-state index >= 15 is 0 Å². The van der Waals surface area contributed by atoms with Crippen molar-refractivity contribution < 1.29 is 14.3 Å². The van der Waals surface area contributed by atoms with E-state index in [1.165, 1.54) is 24.8 Å². The highest BCUT2D eigenvalue weighted by Gasteiger charge is 2.01. The predicted octanol–water partition coefficient (Wildman–Crippen LogP) is 1.78. The Morgan fingerprint density at radius 3 is 2.77 bits per heavy atom. The molecule has 0 amide bonds. The maximum Gasteiger partial charge on any atom is 0.306 e. The molecule has 0 aromatic heterocycles. The topological polar surface area (TPSA) is 43.4 Å². The number of carbonyl (C=O) groups excluding carboxylic acids is 2. The number of esters is 1. The summed E-state index contributed by atoms with van der Waals surface area (Å²) in [5.74, 6) is 0.447. The van der Waals surface area contributed by atoms with Crippen molar-refractivity contribution in [3.05, 3.63) is 12.7 Å².